The molecular formula is C13H12BrN3O2S. The van der Waals surface area contributed by atoms with Gasteiger partial charge < -0.3 is 10.1 Å². The Hall–Kier alpha value is -1.60. The Kier molecular flexibility index (Phi) is 4.97. The molecule has 2 aromatic rings. The fourth-order valence-corrected chi connectivity index (χ4v) is 2.21. The maximum Gasteiger partial charge on any atom is 0.275 e. The van der Waals surface area contributed by atoms with E-state index in [-0.39, 0.29) is 5.91 Å². The first-order valence-electron chi connectivity index (χ1n) is 5.66. The van der Waals surface area contributed by atoms with Crippen LogP contribution in [-0.4, -0.2) is 29.2 Å². The van der Waals surface area contributed by atoms with Crippen molar-refractivity contribution in [1.82, 2.24) is 9.97 Å². The van der Waals surface area contributed by atoms with Gasteiger partial charge in [0.05, 0.1) is 11.6 Å². The fraction of sp³-hybridized carbons (Fsp3) is 0.154. The van der Waals surface area contributed by atoms with Crippen LogP contribution in [0.4, 0.5) is 5.69 Å². The molecule has 0 fully saturated rings. The number of nitrogens with one attached hydrogen (secondary N) is 1. The highest BCUT2D eigenvalue weighted by atomic mass is 79.9. The lowest BCUT2D eigenvalue weighted by atomic mass is 10.3. The molecule has 0 saturated carbocycles. The van der Waals surface area contributed by atoms with Crippen molar-refractivity contribution in [2.75, 3.05) is 18.7 Å². The summed E-state index contributed by atoms with van der Waals surface area (Å²) in [6.07, 6.45) is 3.42. The van der Waals surface area contributed by atoms with E-state index in [0.717, 1.165) is 0 Å². The highest BCUT2D eigenvalue weighted by Gasteiger charge is 2.14. The predicted octanol–water partition coefficient (Wildman–Crippen LogP) is 3.22. The van der Waals surface area contributed by atoms with Crippen LogP contribution >= 0.6 is 27.7 Å². The van der Waals surface area contributed by atoms with Crippen molar-refractivity contribution in [1.29, 1.82) is 0 Å². The molecule has 5 nitrogen and oxygen atoms in total. The number of rotatable bonds is 4. The fourth-order valence-electron chi connectivity index (χ4n) is 1.50. The van der Waals surface area contributed by atoms with Gasteiger partial charge >= 0.3 is 0 Å². The third-order valence-corrected chi connectivity index (χ3v) is 3.59. The monoisotopic (exact) mass is 353 g/mol. The summed E-state index contributed by atoms with van der Waals surface area (Å²) in [5.41, 5.74) is 0.942. The van der Waals surface area contributed by atoms with Gasteiger partial charge in [-0.3, -0.25) is 4.79 Å². The summed E-state index contributed by atoms with van der Waals surface area (Å²) in [5.74, 6) is 0.372. The largest absolute Gasteiger partial charge is 0.497 e. The summed E-state index contributed by atoms with van der Waals surface area (Å²) < 4.78 is 5.66. The highest BCUT2D eigenvalue weighted by Crippen LogP contribution is 2.20. The van der Waals surface area contributed by atoms with Crippen LogP contribution in [0, 0.1) is 0 Å². The number of ether oxygens (including phenoxy) is 1. The van der Waals surface area contributed by atoms with E-state index in [4.69, 9.17) is 4.74 Å². The Labute approximate surface area is 129 Å². The maximum absolute atomic E-state index is 12.2. The number of carbonyl (C=O) groups is 1. The Morgan fingerprint density at radius 3 is 2.95 bits per heavy atom. The SMILES string of the molecule is COc1cccc(NC(=O)c2nc(SC)ncc2Br)c1. The number of aromatic nitrogens is 2. The molecule has 20 heavy (non-hydrogen) atoms. The molecule has 0 unspecified atom stereocenters. The molecule has 2 rings (SSSR count). The lowest BCUT2D eigenvalue weighted by Gasteiger charge is -2.08. The van der Waals surface area contributed by atoms with Crippen molar-refractivity contribution in [3.8, 4) is 5.75 Å². The van der Waals surface area contributed by atoms with E-state index >= 15 is 0 Å². The smallest absolute Gasteiger partial charge is 0.275 e. The zero-order valence-corrected chi connectivity index (χ0v) is 13.3. The first-order valence-corrected chi connectivity index (χ1v) is 7.67. The van der Waals surface area contributed by atoms with Crippen molar-refractivity contribution in [2.24, 2.45) is 0 Å². The van der Waals surface area contributed by atoms with Gasteiger partial charge in [-0.2, -0.15) is 0 Å². The summed E-state index contributed by atoms with van der Waals surface area (Å²) in [7, 11) is 1.58. The van der Waals surface area contributed by atoms with Crippen molar-refractivity contribution >= 4 is 39.3 Å². The minimum atomic E-state index is -0.303. The summed E-state index contributed by atoms with van der Waals surface area (Å²) in [4.78, 5) is 20.5. The van der Waals surface area contributed by atoms with Gasteiger partial charge in [0, 0.05) is 18.0 Å². The molecular weight excluding hydrogens is 342 g/mol. The van der Waals surface area contributed by atoms with Crippen molar-refractivity contribution in [2.45, 2.75) is 5.16 Å². The highest BCUT2D eigenvalue weighted by molar-refractivity contribution is 9.10. The van der Waals surface area contributed by atoms with Gasteiger partial charge in [0.25, 0.3) is 5.91 Å². The van der Waals surface area contributed by atoms with Gasteiger partial charge in [-0.15, -0.1) is 0 Å². The summed E-state index contributed by atoms with van der Waals surface area (Å²) in [6, 6.07) is 7.13. The van der Waals surface area contributed by atoms with Gasteiger partial charge in [-0.05, 0) is 34.3 Å². The molecule has 7 heteroatoms. The van der Waals surface area contributed by atoms with E-state index in [0.29, 0.717) is 26.8 Å². The molecule has 104 valence electrons. The standard InChI is InChI=1S/C13H12BrN3O2S/c1-19-9-5-3-4-8(6-9)16-12(18)11-10(14)7-15-13(17-11)20-2/h3-7H,1-2H3,(H,16,18). The number of hydrogen-bond acceptors (Lipinski definition) is 5. The molecule has 0 aliphatic heterocycles. The van der Waals surface area contributed by atoms with Crippen LogP contribution in [0.1, 0.15) is 10.5 Å². The Morgan fingerprint density at radius 2 is 2.25 bits per heavy atom. The average molecular weight is 354 g/mol. The molecule has 0 saturated heterocycles. The first kappa shape index (κ1) is 14.8. The third kappa shape index (κ3) is 3.49. The number of hydrogen-bond donors (Lipinski definition) is 1. The maximum atomic E-state index is 12.2. The number of carbonyl (C=O) groups excluding carboxylic acids is 1. The van der Waals surface area contributed by atoms with Crippen LogP contribution < -0.4 is 10.1 Å². The van der Waals surface area contributed by atoms with Crippen LogP contribution in [0.3, 0.4) is 0 Å². The number of benzene rings is 1. The van der Waals surface area contributed by atoms with Crippen molar-refractivity contribution in [3.63, 3.8) is 0 Å². The van der Waals surface area contributed by atoms with E-state index in [1.54, 1.807) is 31.5 Å². The Balaban J connectivity index is 2.23. The number of nitrogens with zero attached hydrogens (tertiary/aromatic N) is 2. The lowest BCUT2D eigenvalue weighted by Crippen LogP contribution is -2.15. The van der Waals surface area contributed by atoms with Crippen molar-refractivity contribution < 1.29 is 9.53 Å². The number of amides is 1. The first-order chi connectivity index (χ1) is 9.63. The van der Waals surface area contributed by atoms with Gasteiger partial charge in [0.2, 0.25) is 0 Å². The molecule has 0 spiro atoms. The molecule has 0 aliphatic carbocycles. The molecule has 1 heterocycles. The van der Waals surface area contributed by atoms with Gasteiger partial charge in [-0.1, -0.05) is 17.8 Å². The van der Waals surface area contributed by atoms with E-state index in [9.17, 15) is 4.79 Å². The van der Waals surface area contributed by atoms with Crippen LogP contribution in [0.2, 0.25) is 0 Å². The minimum Gasteiger partial charge on any atom is -0.497 e. The summed E-state index contributed by atoms with van der Waals surface area (Å²) >= 11 is 4.66. The second kappa shape index (κ2) is 6.71. The van der Waals surface area contributed by atoms with Gasteiger partial charge in [0.1, 0.15) is 11.4 Å². The van der Waals surface area contributed by atoms with Crippen LogP contribution in [0.25, 0.3) is 0 Å². The topological polar surface area (TPSA) is 64.1 Å². The Morgan fingerprint density at radius 1 is 1.45 bits per heavy atom. The molecule has 0 bridgehead atoms. The summed E-state index contributed by atoms with van der Waals surface area (Å²) in [5, 5.41) is 3.32. The van der Waals surface area contributed by atoms with E-state index in [1.165, 1.54) is 11.8 Å². The van der Waals surface area contributed by atoms with E-state index in [2.05, 4.69) is 31.2 Å². The predicted molar refractivity (Wildman–Crippen MR) is 82.5 cm³/mol. The quantitative estimate of drug-likeness (QED) is 0.675. The third-order valence-electron chi connectivity index (χ3n) is 2.45. The second-order valence-electron chi connectivity index (χ2n) is 3.74. The lowest BCUT2D eigenvalue weighted by molar-refractivity contribution is 0.102. The van der Waals surface area contributed by atoms with Gasteiger partial charge in [-0.25, -0.2) is 9.97 Å². The van der Waals surface area contributed by atoms with E-state index in [1.807, 2.05) is 12.3 Å². The van der Waals surface area contributed by atoms with Gasteiger partial charge in [0.15, 0.2) is 5.16 Å². The molecule has 1 N–H and O–H groups in total. The normalized spacial score (nSPS) is 10.2. The summed E-state index contributed by atoms with van der Waals surface area (Å²) in [6.45, 7) is 0. The minimum absolute atomic E-state index is 0.298. The Bertz CT molecular complexity index is 637. The molecule has 1 aromatic carbocycles. The molecule has 0 aliphatic rings. The van der Waals surface area contributed by atoms with Crippen LogP contribution in [-0.2, 0) is 0 Å². The second-order valence-corrected chi connectivity index (χ2v) is 5.37. The zero-order chi connectivity index (χ0) is 14.5. The molecule has 1 amide bonds. The number of halogens is 1. The number of anilines is 1. The zero-order valence-electron chi connectivity index (χ0n) is 10.9. The van der Waals surface area contributed by atoms with Crippen LogP contribution in [0.15, 0.2) is 40.1 Å². The number of thioether (sulfide) groups is 1. The molecule has 0 radical (unpaired) electrons. The van der Waals surface area contributed by atoms with Crippen LogP contribution in [0.5, 0.6) is 5.75 Å². The molecule has 0 atom stereocenters. The molecule has 1 aromatic heterocycles. The van der Waals surface area contributed by atoms with E-state index < -0.39 is 0 Å². The van der Waals surface area contributed by atoms with Crippen molar-refractivity contribution in [3.05, 3.63) is 40.6 Å². The average Bonchev–Trinajstić information content (AvgIpc) is 2.47. The number of methoxy groups -OCH3 is 1.